The van der Waals surface area contributed by atoms with Crippen LogP contribution >= 0.6 is 11.6 Å². The molecule has 0 aliphatic carbocycles. The van der Waals surface area contributed by atoms with Crippen molar-refractivity contribution < 1.29 is 63.6 Å². The van der Waals surface area contributed by atoms with Crippen molar-refractivity contribution in [2.45, 2.75) is 129 Å². The van der Waals surface area contributed by atoms with E-state index in [4.69, 9.17) is 22.1 Å². The number of amides is 4. The Bertz CT molecular complexity index is 5660. The predicted molar refractivity (Wildman–Crippen MR) is 526 cm³/mol. The van der Waals surface area contributed by atoms with E-state index in [1.54, 1.807) is 9.80 Å². The van der Waals surface area contributed by atoms with Gasteiger partial charge in [-0.1, -0.05) is 328 Å². The predicted octanol–water partition coefficient (Wildman–Crippen LogP) is 4.97. The lowest BCUT2D eigenvalue weighted by Crippen LogP contribution is -3.00. The fraction of sp³-hybridized carbons (Fsp3) is 0.355. The number of quaternary nitrogens is 1. The van der Waals surface area contributed by atoms with Crippen LogP contribution in [0.5, 0.6) is 0 Å². The number of tetrazole rings is 3. The highest BCUT2D eigenvalue weighted by atomic mass is 79.9. The Kier molecular flexibility index (Phi) is 40.2. The molecular formula is C107H129BrCl2N22O5. The second-order valence-corrected chi connectivity index (χ2v) is 35.1. The van der Waals surface area contributed by atoms with Gasteiger partial charge in [0.05, 0.1) is 47.4 Å². The number of carbonyl (C=O) groups is 4. The fourth-order valence-corrected chi connectivity index (χ4v) is 19.8. The van der Waals surface area contributed by atoms with Crippen LogP contribution in [0.25, 0.3) is 0 Å². The number of halogens is 3. The molecular weight excluding hydrogens is 1820 g/mol. The number of nitriles is 1. The van der Waals surface area contributed by atoms with E-state index in [0.29, 0.717) is 18.7 Å². The summed E-state index contributed by atoms with van der Waals surface area (Å²) in [6.45, 7) is 13.7. The smallest absolute Gasteiger partial charge is 0.350 e. The summed E-state index contributed by atoms with van der Waals surface area (Å²) in [5, 5.41) is 58.1. The number of rotatable bonds is 24. The molecule has 5 aliphatic rings. The first-order chi connectivity index (χ1) is 65.8. The van der Waals surface area contributed by atoms with Gasteiger partial charge in [-0.15, -0.1) is 42.2 Å². The molecule has 718 valence electrons. The molecule has 5 aliphatic heterocycles. The van der Waals surface area contributed by atoms with Crippen LogP contribution in [0, 0.1) is 11.3 Å². The molecule has 13 aromatic rings. The fourth-order valence-electron chi connectivity index (χ4n) is 19.8. The monoisotopic (exact) mass is 1950 g/mol. The summed E-state index contributed by atoms with van der Waals surface area (Å²) in [6, 6.07) is 106. The zero-order valence-electron chi connectivity index (χ0n) is 79.5. The van der Waals surface area contributed by atoms with Gasteiger partial charge >= 0.3 is 5.90 Å². The average Bonchev–Trinajstić information content (AvgIpc) is 1.27. The van der Waals surface area contributed by atoms with Gasteiger partial charge in [-0.05, 0) is 165 Å². The van der Waals surface area contributed by atoms with E-state index in [1.165, 1.54) is 32.6 Å². The quantitative estimate of drug-likeness (QED) is 0.0393. The minimum absolute atomic E-state index is 0. The van der Waals surface area contributed by atoms with Crippen molar-refractivity contribution in [3.05, 3.63) is 376 Å². The number of aromatic amines is 2. The van der Waals surface area contributed by atoms with Crippen molar-refractivity contribution in [1.82, 2.24) is 86.4 Å². The standard InChI is InChI=1S/C32H37N7O2.C30H34N6O.C17H17NO.C12H15N5.C12H14N2.C2H4ClNO.C2H6.BrH.ClH/c1-37(2)30(41)32(26-14-8-4-9-15-26,27-16-10-5-11-17-27)20-23-38-21-18-31(19-22-38,25-12-6-3-7-13-25)29-34-36-39(35-29)24-28(33)40;1-35(2)28(37)30(25-14-8-4-9-15-25,26-16-10-5-11-17-26)20-23-36-21-18-29(19-22-36,27-31-33-34-32-27)24-12-6-3-7-13-24;1-18-16-17(12-13-19-16,14-8-4-2-5-9-14)15-10-6-3-7-11-15;1-2-4-10(5-3-1)12(6-8-13-9-7-12)11-14-16-17-15-11;13-10-12(6-8-14-9-7-12)11-4-2-1-3-5-11;3-1-2(4)5;1-2;;/h3-17H,18-24H2,1-2H3,(H2,33,40);3-17H,18-23H2,1-2H3,(H,31,32,33,34);2-11H,12-13H2,1H3;1-5,13H,6-9H2,(H,14,15,16,17);1-5,14H,6-9H2;1H2,(H2,4,5);1-2H3;2*1H. The van der Waals surface area contributed by atoms with E-state index in [0.717, 1.165) is 175 Å². The maximum atomic E-state index is 14.0. The van der Waals surface area contributed by atoms with Crippen LogP contribution in [0.3, 0.4) is 0 Å². The van der Waals surface area contributed by atoms with Gasteiger partial charge in [0.1, 0.15) is 35.7 Å². The van der Waals surface area contributed by atoms with E-state index in [9.17, 15) is 24.4 Å². The summed E-state index contributed by atoms with van der Waals surface area (Å²) in [6.07, 6.45) is 9.63. The summed E-state index contributed by atoms with van der Waals surface area (Å²) in [4.78, 5) is 61.8. The number of hydrogen-bond donors (Lipinski definition) is 7. The number of carbonyl (C=O) groups excluding carboxylic acids is 4. The van der Waals surface area contributed by atoms with Crippen LogP contribution in [-0.4, -0.2) is 224 Å². The molecule has 0 radical (unpaired) electrons. The highest BCUT2D eigenvalue weighted by Gasteiger charge is 2.52. The lowest BCUT2D eigenvalue weighted by molar-refractivity contribution is -0.664. The van der Waals surface area contributed by atoms with Gasteiger partial charge < -0.3 is 75.8 Å². The van der Waals surface area contributed by atoms with Crippen molar-refractivity contribution in [3.63, 3.8) is 0 Å². The van der Waals surface area contributed by atoms with E-state index in [1.807, 2.05) is 170 Å². The van der Waals surface area contributed by atoms with Crippen LogP contribution in [0.15, 0.2) is 303 Å². The highest BCUT2D eigenvalue weighted by molar-refractivity contribution is 6.27. The zero-order valence-corrected chi connectivity index (χ0v) is 82.6. The number of alkyl halides is 1. The first kappa shape index (κ1) is 106. The van der Waals surface area contributed by atoms with Crippen molar-refractivity contribution in [2.75, 3.05) is 113 Å². The number of aromatic nitrogens is 12. The van der Waals surface area contributed by atoms with Crippen molar-refractivity contribution in [1.29, 1.82) is 5.26 Å². The SMILES string of the molecule is CC.CN(C)C(=O)C(CCN1CCC(c2ccccc2)(c2nn[nH]n2)CC1)(c1ccccc1)c1ccccc1.CN(C)C(=O)C(CCN1CCC(c2ccccc2)(c2nnn(CC(N)=O)n2)CC1)(c1ccccc1)c1ccccc1.C[NH+]=C1OCCC1(c1ccccc1)c1ccccc1.N#CC1(c2ccccc2)CC[NH2+]CC1.NC(=O)CCl.[Br-].[Cl-].c1ccc(C2(c3nn[nH]n3)CCNCC2)cc1. The first-order valence-corrected chi connectivity index (χ1v) is 47.3. The Morgan fingerprint density at radius 3 is 1.09 bits per heavy atom. The first-order valence-electron chi connectivity index (χ1n) is 46.8. The molecule has 0 unspecified atom stereocenters. The summed E-state index contributed by atoms with van der Waals surface area (Å²) in [7, 11) is 9.29. The van der Waals surface area contributed by atoms with E-state index in [2.05, 4.69) is 276 Å². The van der Waals surface area contributed by atoms with Crippen molar-refractivity contribution in [3.8, 4) is 6.07 Å². The number of nitrogens with zero attached hydrogens (tertiary/aromatic N) is 15. The van der Waals surface area contributed by atoms with Crippen LogP contribution < -0.4 is 56.5 Å². The molecule has 0 bridgehead atoms. The number of nitrogens with one attached hydrogen (secondary N) is 4. The number of primary amides is 2. The van der Waals surface area contributed by atoms with E-state index >= 15 is 0 Å². The van der Waals surface area contributed by atoms with Gasteiger partial charge in [0.15, 0.2) is 17.5 Å². The van der Waals surface area contributed by atoms with Gasteiger partial charge in [0.2, 0.25) is 23.6 Å². The molecule has 5 saturated heterocycles. The number of nitrogens with two attached hydrogens (primary N) is 3. The zero-order chi connectivity index (χ0) is 95.4. The van der Waals surface area contributed by atoms with Gasteiger partial charge in [0.25, 0.3) is 0 Å². The third kappa shape index (κ3) is 25.1. The van der Waals surface area contributed by atoms with Crippen LogP contribution in [0.1, 0.15) is 158 Å². The Labute approximate surface area is 827 Å². The number of benzene rings is 10. The number of hydrogen-bond acceptors (Lipinski definition) is 18. The Morgan fingerprint density at radius 2 is 0.788 bits per heavy atom. The molecule has 137 heavy (non-hydrogen) atoms. The Morgan fingerprint density at radius 1 is 0.467 bits per heavy atom. The van der Waals surface area contributed by atoms with Gasteiger partial charge in [-0.2, -0.15) is 20.5 Å². The van der Waals surface area contributed by atoms with Crippen LogP contribution in [0.2, 0.25) is 0 Å². The maximum absolute atomic E-state index is 14.0. The third-order valence-corrected chi connectivity index (χ3v) is 27.2. The van der Waals surface area contributed by atoms with Crippen molar-refractivity contribution >= 4 is 41.1 Å². The van der Waals surface area contributed by atoms with Gasteiger partial charge in [-0.25, -0.2) is 4.99 Å². The number of likely N-dealkylation sites (tertiary alicyclic amines) is 2. The number of ether oxygens (including phenoxy) is 1. The molecule has 0 saturated carbocycles. The lowest BCUT2D eigenvalue weighted by atomic mass is 9.70. The average molecular weight is 1950 g/mol. The second kappa shape index (κ2) is 51.9. The highest BCUT2D eigenvalue weighted by Crippen LogP contribution is 2.47. The molecule has 27 nitrogen and oxygen atoms in total. The second-order valence-electron chi connectivity index (χ2n) is 34.9. The lowest BCUT2D eigenvalue weighted by Gasteiger charge is -2.42. The number of likely N-dealkylation sites (N-methyl/N-ethyl adjacent to an activating group) is 2. The number of H-pyrrole nitrogens is 2. The summed E-state index contributed by atoms with van der Waals surface area (Å²) < 4.78 is 5.83. The topological polar surface area (TPSA) is 361 Å². The molecule has 5 fully saturated rings. The largest absolute Gasteiger partial charge is 1.00 e. The molecule has 8 heterocycles. The van der Waals surface area contributed by atoms with Crippen LogP contribution in [-0.2, 0) is 68.4 Å². The Hall–Kier alpha value is -12.9. The van der Waals surface area contributed by atoms with Gasteiger partial charge in [0, 0.05) is 47.5 Å². The third-order valence-electron chi connectivity index (χ3n) is 26.9. The summed E-state index contributed by atoms with van der Waals surface area (Å²) in [5.74, 6) is 2.22. The maximum Gasteiger partial charge on any atom is 0.350 e. The molecule has 30 heteroatoms. The van der Waals surface area contributed by atoms with E-state index < -0.39 is 28.1 Å². The number of piperidine rings is 4. The summed E-state index contributed by atoms with van der Waals surface area (Å²) >= 11 is 4.86. The molecule has 4 amide bonds. The molecule has 18 rings (SSSR count). The van der Waals surface area contributed by atoms with Gasteiger partial charge in [-0.3, -0.25) is 19.2 Å². The molecule has 0 atom stereocenters. The minimum Gasteiger partial charge on any atom is -1.00 e. The molecule has 10 aromatic carbocycles. The molecule has 3 aromatic heterocycles. The molecule has 0 spiro atoms. The Balaban J connectivity index is 0.000000182. The van der Waals surface area contributed by atoms with E-state index in [-0.39, 0.29) is 75.3 Å². The summed E-state index contributed by atoms with van der Waals surface area (Å²) in [5.41, 5.74) is 18.6. The van der Waals surface area contributed by atoms with Crippen LogP contribution in [0.4, 0.5) is 0 Å². The van der Waals surface area contributed by atoms with Crippen molar-refractivity contribution in [2.24, 2.45) is 11.5 Å². The minimum atomic E-state index is -0.807. The normalized spacial score (nSPS) is 16.3. The molecule has 10 N–H and O–H groups in total.